The lowest BCUT2D eigenvalue weighted by Crippen LogP contribution is -2.43. The molecule has 14 heteroatoms. The molecule has 1 aromatic carbocycles. The van der Waals surface area contributed by atoms with Crippen molar-refractivity contribution >= 4 is 45.1 Å². The Balaban J connectivity index is 1.68. The van der Waals surface area contributed by atoms with E-state index in [-0.39, 0.29) is 22.2 Å². The van der Waals surface area contributed by atoms with Crippen molar-refractivity contribution in [1.29, 1.82) is 0 Å². The Kier molecular flexibility index (Phi) is 10.1. The van der Waals surface area contributed by atoms with Gasteiger partial charge in [-0.15, -0.1) is 11.3 Å². The molecule has 2 heterocycles. The number of pyridine rings is 1. The normalized spacial score (nSPS) is 12.2. The van der Waals surface area contributed by atoms with Crippen LogP contribution in [0.1, 0.15) is 28.2 Å². The molecule has 0 fully saturated rings. The molecular formula is C23H27N7O5S2. The van der Waals surface area contributed by atoms with Crippen molar-refractivity contribution in [2.24, 2.45) is 10.8 Å². The van der Waals surface area contributed by atoms with E-state index in [1.807, 2.05) is 0 Å². The van der Waals surface area contributed by atoms with E-state index >= 15 is 0 Å². The second-order valence-electron chi connectivity index (χ2n) is 7.87. The highest BCUT2D eigenvalue weighted by Crippen LogP contribution is 2.12. The SMILES string of the molecule is NNC=NCCC[C@H](NC(=O)Cn1cccc(NS(=O)(=O)Cc2ccccc2)c1=O)C(=O)c1nccs1. The number of amides is 1. The number of hydrogen-bond donors (Lipinski definition) is 4. The van der Waals surface area contributed by atoms with Gasteiger partial charge in [0.15, 0.2) is 5.01 Å². The number of hydrazine groups is 1. The van der Waals surface area contributed by atoms with Gasteiger partial charge in [0.25, 0.3) is 5.56 Å². The minimum Gasteiger partial charge on any atom is -0.344 e. The number of carbonyl (C=O) groups excluding carboxylic acids is 2. The first kappa shape index (κ1) is 27.7. The first-order valence-corrected chi connectivity index (χ1v) is 13.7. The zero-order valence-corrected chi connectivity index (χ0v) is 21.4. The quantitative estimate of drug-likeness (QED) is 0.0576. The Hall–Kier alpha value is -3.88. The topological polar surface area (TPSA) is 178 Å². The van der Waals surface area contributed by atoms with E-state index in [1.54, 1.807) is 35.7 Å². The van der Waals surface area contributed by atoms with E-state index in [1.165, 1.54) is 30.9 Å². The van der Waals surface area contributed by atoms with E-state index in [0.29, 0.717) is 24.9 Å². The van der Waals surface area contributed by atoms with Crippen molar-refractivity contribution < 1.29 is 18.0 Å². The molecule has 0 saturated carbocycles. The molecule has 0 radical (unpaired) electrons. The number of hydrogen-bond acceptors (Lipinski definition) is 9. The largest absolute Gasteiger partial charge is 0.344 e. The molecule has 37 heavy (non-hydrogen) atoms. The van der Waals surface area contributed by atoms with Crippen LogP contribution in [-0.4, -0.2) is 48.6 Å². The number of benzene rings is 1. The number of nitrogens with two attached hydrogens (primary N) is 1. The standard InChI is InChI=1S/C23H27N7O5S2/c24-27-16-25-10-4-8-18(21(32)22-26-11-13-36-22)28-20(31)14-30-12-5-9-19(23(30)33)29-37(34,35)15-17-6-2-1-3-7-17/h1-3,5-7,9,11-13,16,18,29H,4,8,10,14-15,24H2,(H,25,27)(H,28,31)/t18-/m0/s1. The monoisotopic (exact) mass is 545 g/mol. The Bertz CT molecular complexity index is 1370. The molecule has 0 spiro atoms. The van der Waals surface area contributed by atoms with Crippen LogP contribution in [0.4, 0.5) is 5.69 Å². The summed E-state index contributed by atoms with van der Waals surface area (Å²) in [5.74, 6) is 3.88. The van der Waals surface area contributed by atoms with Crippen LogP contribution >= 0.6 is 11.3 Å². The number of nitrogens with zero attached hydrogens (tertiary/aromatic N) is 3. The third kappa shape index (κ3) is 8.63. The fourth-order valence-corrected chi connectivity index (χ4v) is 5.22. The van der Waals surface area contributed by atoms with Crippen LogP contribution in [0.2, 0.25) is 0 Å². The number of anilines is 1. The van der Waals surface area contributed by atoms with Crippen LogP contribution < -0.4 is 26.9 Å². The van der Waals surface area contributed by atoms with Crippen LogP contribution in [0, 0.1) is 0 Å². The average molecular weight is 546 g/mol. The van der Waals surface area contributed by atoms with Gasteiger partial charge in [-0.25, -0.2) is 19.2 Å². The predicted octanol–water partition coefficient (Wildman–Crippen LogP) is 0.886. The van der Waals surface area contributed by atoms with Gasteiger partial charge in [0.1, 0.15) is 12.2 Å². The molecule has 0 bridgehead atoms. The molecule has 3 aromatic rings. The fraction of sp³-hybridized carbons (Fsp3) is 0.261. The zero-order valence-electron chi connectivity index (χ0n) is 19.7. The summed E-state index contributed by atoms with van der Waals surface area (Å²) in [6, 6.07) is 10.4. The molecule has 3 rings (SSSR count). The van der Waals surface area contributed by atoms with Crippen LogP contribution in [0.25, 0.3) is 0 Å². The summed E-state index contributed by atoms with van der Waals surface area (Å²) in [6.07, 6.45) is 4.96. The molecule has 0 aliphatic carbocycles. The molecule has 0 saturated heterocycles. The molecule has 0 unspecified atom stereocenters. The number of thiazole rings is 1. The van der Waals surface area contributed by atoms with E-state index in [4.69, 9.17) is 5.84 Å². The van der Waals surface area contributed by atoms with Crippen LogP contribution in [0.15, 0.2) is 70.0 Å². The molecular weight excluding hydrogens is 518 g/mol. The maximum absolute atomic E-state index is 12.9. The van der Waals surface area contributed by atoms with Gasteiger partial charge in [0.05, 0.1) is 18.1 Å². The van der Waals surface area contributed by atoms with E-state index in [9.17, 15) is 22.8 Å². The number of aromatic nitrogens is 2. The number of aliphatic imine (C=N–C) groups is 1. The second kappa shape index (κ2) is 13.4. The van der Waals surface area contributed by atoms with Gasteiger partial charge < -0.3 is 15.3 Å². The number of carbonyl (C=O) groups is 2. The summed E-state index contributed by atoms with van der Waals surface area (Å²) in [5, 5.41) is 4.57. The predicted molar refractivity (Wildman–Crippen MR) is 142 cm³/mol. The van der Waals surface area contributed by atoms with Crippen molar-refractivity contribution in [2.45, 2.75) is 31.2 Å². The minimum absolute atomic E-state index is 0.187. The van der Waals surface area contributed by atoms with Gasteiger partial charge in [0.2, 0.25) is 21.7 Å². The molecule has 12 nitrogen and oxygen atoms in total. The van der Waals surface area contributed by atoms with Crippen molar-refractivity contribution in [2.75, 3.05) is 11.3 Å². The lowest BCUT2D eigenvalue weighted by molar-refractivity contribution is -0.122. The number of rotatable bonds is 14. The van der Waals surface area contributed by atoms with Gasteiger partial charge in [-0.05, 0) is 30.5 Å². The maximum atomic E-state index is 12.9. The highest BCUT2D eigenvalue weighted by atomic mass is 32.2. The third-order valence-corrected chi connectivity index (χ3v) is 7.07. The van der Waals surface area contributed by atoms with Gasteiger partial charge in [0, 0.05) is 24.3 Å². The Morgan fingerprint density at radius 2 is 1.97 bits per heavy atom. The summed E-state index contributed by atoms with van der Waals surface area (Å²) in [7, 11) is -3.87. The first-order chi connectivity index (χ1) is 17.8. The highest BCUT2D eigenvalue weighted by Gasteiger charge is 2.24. The van der Waals surface area contributed by atoms with Gasteiger partial charge in [-0.1, -0.05) is 30.3 Å². The van der Waals surface area contributed by atoms with E-state index in [0.717, 1.165) is 15.9 Å². The zero-order chi connectivity index (χ0) is 26.7. The van der Waals surface area contributed by atoms with Gasteiger partial charge in [-0.2, -0.15) is 0 Å². The van der Waals surface area contributed by atoms with Gasteiger partial charge >= 0.3 is 0 Å². The number of nitrogens with one attached hydrogen (secondary N) is 3. The smallest absolute Gasteiger partial charge is 0.275 e. The summed E-state index contributed by atoms with van der Waals surface area (Å²) in [4.78, 5) is 46.5. The van der Waals surface area contributed by atoms with Crippen LogP contribution in [-0.2, 0) is 27.1 Å². The molecule has 0 aliphatic heterocycles. The van der Waals surface area contributed by atoms with Crippen molar-refractivity contribution in [3.05, 3.63) is 81.2 Å². The fourth-order valence-electron chi connectivity index (χ4n) is 3.40. The third-order valence-electron chi connectivity index (χ3n) is 5.04. The minimum atomic E-state index is -3.87. The molecule has 196 valence electrons. The van der Waals surface area contributed by atoms with E-state index in [2.05, 4.69) is 25.4 Å². The van der Waals surface area contributed by atoms with Crippen LogP contribution in [0.5, 0.6) is 0 Å². The lowest BCUT2D eigenvalue weighted by Gasteiger charge is -2.17. The summed E-state index contributed by atoms with van der Waals surface area (Å²) >= 11 is 1.16. The second-order valence-corrected chi connectivity index (χ2v) is 10.5. The molecule has 0 aliphatic rings. The first-order valence-electron chi connectivity index (χ1n) is 11.2. The molecule has 1 amide bonds. The van der Waals surface area contributed by atoms with Crippen LogP contribution in [0.3, 0.4) is 0 Å². The van der Waals surface area contributed by atoms with Crippen molar-refractivity contribution in [3.8, 4) is 0 Å². The molecule has 1 atom stereocenters. The summed E-state index contributed by atoms with van der Waals surface area (Å²) in [6.45, 7) is -0.0314. The van der Waals surface area contributed by atoms with Crippen molar-refractivity contribution in [1.82, 2.24) is 20.3 Å². The average Bonchev–Trinajstić information content (AvgIpc) is 3.40. The lowest BCUT2D eigenvalue weighted by atomic mass is 10.1. The number of sulfonamides is 1. The number of Topliss-reactive ketones (excluding diaryl/α,β-unsaturated/α-hetero) is 1. The van der Waals surface area contributed by atoms with Crippen molar-refractivity contribution in [3.63, 3.8) is 0 Å². The molecule has 5 N–H and O–H groups in total. The summed E-state index contributed by atoms with van der Waals surface area (Å²) < 4.78 is 28.5. The Morgan fingerprint density at radius 1 is 1.19 bits per heavy atom. The summed E-state index contributed by atoms with van der Waals surface area (Å²) in [5.41, 5.74) is 1.97. The Labute approximate surface area is 217 Å². The Morgan fingerprint density at radius 3 is 2.68 bits per heavy atom. The van der Waals surface area contributed by atoms with E-state index < -0.39 is 34.1 Å². The number of ketones is 1. The highest BCUT2D eigenvalue weighted by molar-refractivity contribution is 7.91. The molecule has 2 aromatic heterocycles. The maximum Gasteiger partial charge on any atom is 0.275 e. The van der Waals surface area contributed by atoms with Gasteiger partial charge in [-0.3, -0.25) is 24.1 Å².